The van der Waals surface area contributed by atoms with Crippen LogP contribution in [0, 0.1) is 4.91 Å². The fraction of sp³-hybridized carbons (Fsp3) is 0.647. The third-order valence-electron chi connectivity index (χ3n) is 4.55. The number of nitrogens with zero attached hydrogens (tertiary/aromatic N) is 1. The molecule has 0 atom stereocenters. The van der Waals surface area contributed by atoms with E-state index in [1.54, 1.807) is 13.8 Å². The van der Waals surface area contributed by atoms with Crippen molar-refractivity contribution in [1.82, 2.24) is 0 Å². The summed E-state index contributed by atoms with van der Waals surface area (Å²) >= 11 is 0. The van der Waals surface area contributed by atoms with E-state index in [4.69, 9.17) is 0 Å². The number of nitroso groups, excluding NO2 is 1. The van der Waals surface area contributed by atoms with E-state index in [0.717, 1.165) is 0 Å². The Balaban J connectivity index is 3.80. The molecule has 0 heterocycles. The Labute approximate surface area is 194 Å². The van der Waals surface area contributed by atoms with Gasteiger partial charge < -0.3 is 4.18 Å². The van der Waals surface area contributed by atoms with E-state index in [-0.39, 0.29) is 17.0 Å². The van der Waals surface area contributed by atoms with Gasteiger partial charge in [0.1, 0.15) is 5.75 Å². The molecule has 0 N–H and O–H groups in total. The van der Waals surface area contributed by atoms with Crippen molar-refractivity contribution in [2.75, 3.05) is 0 Å². The molecular formula is C17H23F5NO8S3+. The second kappa shape index (κ2) is 9.29. The highest BCUT2D eigenvalue weighted by Crippen LogP contribution is 2.42. The Bertz CT molecular complexity index is 1250. The number of rotatable bonds is 9. The molecule has 0 amide bonds. The first-order valence-corrected chi connectivity index (χ1v) is 13.7. The van der Waals surface area contributed by atoms with Crippen LogP contribution in [0.1, 0.15) is 76.0 Å². The molecule has 0 aliphatic heterocycles. The molecule has 0 fully saturated rings. The molecule has 0 saturated heterocycles. The Kier molecular flexibility index (Phi) is 8.24. The van der Waals surface area contributed by atoms with Gasteiger partial charge in [-0.3, -0.25) is 0 Å². The normalized spacial score (nSPS) is 14.2. The summed E-state index contributed by atoms with van der Waals surface area (Å²) in [5, 5.41) is 0. The topological polar surface area (TPSA) is 132 Å². The van der Waals surface area contributed by atoms with Crippen LogP contribution >= 0.6 is 0 Å². The van der Waals surface area contributed by atoms with Crippen molar-refractivity contribution >= 4 is 30.2 Å². The third kappa shape index (κ3) is 5.19. The maximum absolute atomic E-state index is 14.5. The fourth-order valence-corrected chi connectivity index (χ4v) is 6.47. The molecule has 0 unspecified atom stereocenters. The molecule has 9 nitrogen and oxygen atoms in total. The van der Waals surface area contributed by atoms with Crippen molar-refractivity contribution in [1.29, 1.82) is 0 Å². The monoisotopic (exact) mass is 560 g/mol. The molecule has 0 radical (unpaired) electrons. The summed E-state index contributed by atoms with van der Waals surface area (Å²) in [6.07, 6.45) is 0. The summed E-state index contributed by atoms with van der Waals surface area (Å²) in [4.78, 5) is 11.4. The summed E-state index contributed by atoms with van der Waals surface area (Å²) in [7, 11) is -21.7. The van der Waals surface area contributed by atoms with Gasteiger partial charge in [-0.2, -0.15) is 38.8 Å². The molecule has 0 saturated carbocycles. The van der Waals surface area contributed by atoms with Crippen molar-refractivity contribution in [3.8, 4) is 5.75 Å². The zero-order valence-corrected chi connectivity index (χ0v) is 21.2. The van der Waals surface area contributed by atoms with E-state index in [1.165, 1.54) is 39.8 Å². The zero-order chi connectivity index (χ0) is 27.2. The summed E-state index contributed by atoms with van der Waals surface area (Å²) in [5.41, 5.74) is -5.86. The lowest BCUT2D eigenvalue weighted by molar-refractivity contribution is -0.238. The molecule has 1 aromatic carbocycles. The Hall–Kier alpha value is -1.88. The molecule has 0 aliphatic carbocycles. The van der Waals surface area contributed by atoms with Gasteiger partial charge in [-0.15, -0.1) is 8.42 Å². The van der Waals surface area contributed by atoms with Crippen LogP contribution in [0.2, 0.25) is 0 Å². The minimum Gasteiger partial charge on any atom is -0.377 e. The summed E-state index contributed by atoms with van der Waals surface area (Å²) in [6.45, 7) is 9.71. The number of halogens is 5. The van der Waals surface area contributed by atoms with Crippen LogP contribution in [0.3, 0.4) is 0 Å². The van der Waals surface area contributed by atoms with Crippen LogP contribution in [-0.4, -0.2) is 38.9 Å². The van der Waals surface area contributed by atoms with Crippen LogP contribution in [-0.2, 0) is 30.2 Å². The molecule has 0 bridgehead atoms. The Morgan fingerprint density at radius 1 is 0.735 bits per heavy atom. The van der Waals surface area contributed by atoms with Crippen molar-refractivity contribution in [3.63, 3.8) is 0 Å². The van der Waals surface area contributed by atoms with E-state index >= 15 is 0 Å². The second-order valence-electron chi connectivity index (χ2n) is 8.11. The van der Waals surface area contributed by atoms with Crippen molar-refractivity contribution in [2.45, 2.75) is 69.4 Å². The van der Waals surface area contributed by atoms with E-state index in [2.05, 4.69) is 4.18 Å². The van der Waals surface area contributed by atoms with Gasteiger partial charge in [0.25, 0.3) is 3.57 Å². The summed E-state index contributed by atoms with van der Waals surface area (Å²) in [6, 6.07) is 2.85. The summed E-state index contributed by atoms with van der Waals surface area (Å²) in [5.74, 6) is -1.94. The molecule has 0 aromatic heterocycles. The maximum Gasteiger partial charge on any atom is 0.566 e. The minimum atomic E-state index is -7.52. The quantitative estimate of drug-likeness (QED) is 0.249. The largest absolute Gasteiger partial charge is 0.566 e. The van der Waals surface area contributed by atoms with Gasteiger partial charge in [0, 0.05) is 0 Å². The lowest BCUT2D eigenvalue weighted by Gasteiger charge is -2.23. The average Bonchev–Trinajstić information content (AvgIpc) is 2.65. The first-order valence-electron chi connectivity index (χ1n) is 9.46. The van der Waals surface area contributed by atoms with Gasteiger partial charge in [-0.1, -0.05) is 53.7 Å². The molecule has 1 aromatic rings. The molecule has 0 spiro atoms. The second-order valence-corrected chi connectivity index (χ2v) is 13.7. The van der Waals surface area contributed by atoms with Crippen molar-refractivity contribution in [2.24, 2.45) is 0 Å². The minimum absolute atomic E-state index is 0.0496. The van der Waals surface area contributed by atoms with Gasteiger partial charge in [-0.05, 0) is 34.4 Å². The lowest BCUT2D eigenvalue weighted by Crippen LogP contribution is -2.49. The van der Waals surface area contributed by atoms with Crippen LogP contribution in [0.5, 0.6) is 5.75 Å². The van der Waals surface area contributed by atoms with Gasteiger partial charge >= 0.3 is 40.3 Å². The van der Waals surface area contributed by atoms with E-state index in [0.29, 0.717) is 5.56 Å². The van der Waals surface area contributed by atoms with E-state index in [9.17, 15) is 52.1 Å². The fourth-order valence-electron chi connectivity index (χ4n) is 2.57. The molecule has 1 rings (SSSR count). The van der Waals surface area contributed by atoms with Crippen LogP contribution in [0.25, 0.3) is 0 Å². The Morgan fingerprint density at radius 3 is 1.41 bits per heavy atom. The lowest BCUT2D eigenvalue weighted by atomic mass is 9.88. The van der Waals surface area contributed by atoms with Gasteiger partial charge in [0.05, 0.1) is 4.91 Å². The SMILES string of the molecule is CC(C)c1cc(C(C)C)c(OS(=O)(=O)C(F)(F)S(=O)(=O)[N+](=O)S(=O)(=O)C(F)(F)F)c(C(C)C)c1. The first-order chi connectivity index (χ1) is 14.9. The number of sulfonamides is 2. The summed E-state index contributed by atoms with van der Waals surface area (Å²) < 4.78 is 132. The molecular weight excluding hydrogens is 537 g/mol. The predicted octanol–water partition coefficient (Wildman–Crippen LogP) is 4.27. The van der Waals surface area contributed by atoms with Crippen molar-refractivity contribution in [3.05, 3.63) is 33.7 Å². The van der Waals surface area contributed by atoms with E-state index < -0.39 is 61.4 Å². The predicted molar refractivity (Wildman–Crippen MR) is 111 cm³/mol. The van der Waals surface area contributed by atoms with Crippen LogP contribution < -0.4 is 4.18 Å². The smallest absolute Gasteiger partial charge is 0.377 e. The average molecular weight is 561 g/mol. The highest BCUT2D eigenvalue weighted by Gasteiger charge is 2.76. The van der Waals surface area contributed by atoms with E-state index in [1.807, 2.05) is 0 Å². The van der Waals surface area contributed by atoms with Gasteiger partial charge in [0.15, 0.2) is 0 Å². The number of hydrogen-bond donors (Lipinski definition) is 0. The number of alkyl halides is 5. The van der Waals surface area contributed by atoms with Crippen LogP contribution in [0.4, 0.5) is 22.0 Å². The third-order valence-corrected chi connectivity index (χ3v) is 9.91. The standard InChI is InChI=1S/C17H23F5NO8S3/c1-9(2)12-7-13(10(3)4)15(14(8-12)11(5)6)31-34(29,30)17(21,22)33(27,28)23(24)32(25,26)16(18,19)20/h7-11H,1-6H3/q+1. The van der Waals surface area contributed by atoms with Gasteiger partial charge in [0.2, 0.25) is 0 Å². The Morgan fingerprint density at radius 2 is 1.12 bits per heavy atom. The molecule has 34 heavy (non-hydrogen) atoms. The van der Waals surface area contributed by atoms with Crippen molar-refractivity contribution < 1.29 is 55.0 Å². The number of benzene rings is 1. The highest BCUT2D eigenvalue weighted by atomic mass is 32.3. The molecule has 196 valence electrons. The van der Waals surface area contributed by atoms with Crippen LogP contribution in [0.15, 0.2) is 12.1 Å². The number of hydrogen-bond acceptors (Lipinski definition) is 8. The highest BCUT2D eigenvalue weighted by molar-refractivity contribution is 8.08. The zero-order valence-electron chi connectivity index (χ0n) is 18.7. The molecule has 17 heteroatoms. The maximum atomic E-state index is 14.5. The first kappa shape index (κ1) is 30.2. The molecule has 0 aliphatic rings. The van der Waals surface area contributed by atoms with Gasteiger partial charge in [-0.25, -0.2) is 0 Å².